The fourth-order valence-electron chi connectivity index (χ4n) is 6.34. The predicted molar refractivity (Wildman–Crippen MR) is 196 cm³/mol. The van der Waals surface area contributed by atoms with E-state index >= 15 is 0 Å². The molecule has 2 aliphatic heterocycles. The summed E-state index contributed by atoms with van der Waals surface area (Å²) in [4.78, 5) is 52.8. The van der Waals surface area contributed by atoms with Crippen LogP contribution in [0.5, 0.6) is 0 Å². The number of unbranched alkanes of at least 4 members (excludes halogenated alkanes) is 1. The maximum absolute atomic E-state index is 12.2. The van der Waals surface area contributed by atoms with Crippen LogP contribution in [0, 0.1) is 0 Å². The number of nitrogens with zero attached hydrogens (tertiary/aromatic N) is 5. The molecular formula is C35H53N8O6S+. The number of aromatic amines is 1. The number of ether oxygens (including phenoxy) is 3. The highest BCUT2D eigenvalue weighted by Gasteiger charge is 2.37. The number of carbonyl (C=O) groups is 3. The maximum Gasteiger partial charge on any atom is 0.242 e. The van der Waals surface area contributed by atoms with Gasteiger partial charge in [-0.2, -0.15) is 11.8 Å². The number of aryl methyl sites for hydroxylation is 1. The molecule has 0 spiro atoms. The minimum atomic E-state index is -0.271. The highest BCUT2D eigenvalue weighted by Crippen LogP contribution is 2.31. The summed E-state index contributed by atoms with van der Waals surface area (Å²) in [5.74, 6) is 1.10. The third-order valence-electron chi connectivity index (χ3n) is 9.57. The number of likely N-dealkylation sites (N-methyl/N-ethyl adjacent to an activating group) is 1. The zero-order valence-electron chi connectivity index (χ0n) is 29.7. The summed E-state index contributed by atoms with van der Waals surface area (Å²) in [6.07, 6.45) is 5.49. The molecule has 0 saturated carbocycles. The van der Waals surface area contributed by atoms with E-state index in [0.29, 0.717) is 51.8 Å². The van der Waals surface area contributed by atoms with Crippen molar-refractivity contribution in [2.75, 3.05) is 109 Å². The van der Waals surface area contributed by atoms with E-state index in [1.54, 1.807) is 0 Å². The van der Waals surface area contributed by atoms with Gasteiger partial charge >= 0.3 is 0 Å². The van der Waals surface area contributed by atoms with Crippen LogP contribution >= 0.6 is 11.8 Å². The lowest BCUT2D eigenvalue weighted by Gasteiger charge is -2.42. The Labute approximate surface area is 298 Å². The van der Waals surface area contributed by atoms with Gasteiger partial charge in [0.25, 0.3) is 0 Å². The van der Waals surface area contributed by atoms with E-state index in [1.165, 1.54) is 22.3 Å². The van der Waals surface area contributed by atoms with Crippen LogP contribution in [-0.4, -0.2) is 146 Å². The molecule has 0 radical (unpaired) electrons. The summed E-state index contributed by atoms with van der Waals surface area (Å²) in [6.45, 7) is 9.98. The molecule has 15 heteroatoms. The van der Waals surface area contributed by atoms with E-state index < -0.39 is 0 Å². The number of amides is 3. The number of aromatic nitrogens is 3. The molecule has 3 aromatic rings. The summed E-state index contributed by atoms with van der Waals surface area (Å²) >= 11 is 1.40. The van der Waals surface area contributed by atoms with Crippen LogP contribution in [0.25, 0.3) is 21.9 Å². The highest BCUT2D eigenvalue weighted by molar-refractivity contribution is 8.00. The number of rotatable bonds is 20. The molecule has 2 aliphatic rings. The summed E-state index contributed by atoms with van der Waals surface area (Å²) in [5, 5.41) is 3.60. The molecule has 0 aliphatic carbocycles. The van der Waals surface area contributed by atoms with Gasteiger partial charge in [-0.3, -0.25) is 19.3 Å². The molecule has 4 N–H and O–H groups in total. The lowest BCUT2D eigenvalue weighted by Crippen LogP contribution is -2.58. The fourth-order valence-corrected chi connectivity index (χ4v) is 6.98. The van der Waals surface area contributed by atoms with Crippen molar-refractivity contribution in [3.63, 3.8) is 0 Å². The molecule has 4 heterocycles. The van der Waals surface area contributed by atoms with Gasteiger partial charge in [0.1, 0.15) is 29.2 Å². The number of hydrogen-bond acceptors (Lipinski definition) is 11. The second-order valence-electron chi connectivity index (χ2n) is 13.2. The first-order chi connectivity index (χ1) is 24.2. The smallest absolute Gasteiger partial charge is 0.242 e. The molecule has 5 rings (SSSR count). The molecule has 14 nitrogen and oxygen atoms in total. The number of H-pyrrole nitrogens is 1. The Morgan fingerprint density at radius 3 is 2.58 bits per heavy atom. The Balaban J connectivity index is 0.920. The Morgan fingerprint density at radius 1 is 1.08 bits per heavy atom. The fraction of sp³-hybridized carbons (Fsp3) is 0.629. The standard InChI is InChI=1S/C35H52N8O6S/c1-4-5-6-29-39-32-26-23-25(7-8-27(26)38-34(36)33(32)40-29)41-11-14-43(2,15-12-41)16-20-47-17-9-30(44)37-10-18-48-21-22-49-19-13-42-31(45)24-28(50-3)35(42)46/h7-8,23,28H,4-6,9-22,24H2,1-3H3,(H3-,36,37,38,39,40,44)/p+1. The molecule has 1 atom stereocenters. The Morgan fingerprint density at radius 2 is 1.84 bits per heavy atom. The summed E-state index contributed by atoms with van der Waals surface area (Å²) in [7, 11) is 2.27. The van der Waals surface area contributed by atoms with Crippen LogP contribution in [0.3, 0.4) is 0 Å². The Hall–Kier alpha value is -3.50. The second kappa shape index (κ2) is 18.1. The van der Waals surface area contributed by atoms with E-state index in [9.17, 15) is 14.4 Å². The Bertz CT molecular complexity index is 1610. The number of nitrogens with one attached hydrogen (secondary N) is 2. The number of anilines is 2. The first kappa shape index (κ1) is 37.7. The molecule has 50 heavy (non-hydrogen) atoms. The number of nitrogen functional groups attached to an aromatic ring is 1. The quantitative estimate of drug-likeness (QED) is 0.0895. The third-order valence-corrected chi connectivity index (χ3v) is 10.5. The number of carbonyl (C=O) groups excluding carboxylic acids is 3. The molecule has 0 bridgehead atoms. The number of nitrogens with two attached hydrogens (primary N) is 1. The summed E-state index contributed by atoms with van der Waals surface area (Å²) in [5.41, 5.74) is 10.0. The van der Waals surface area contributed by atoms with E-state index in [-0.39, 0.29) is 42.5 Å². The van der Waals surface area contributed by atoms with Crippen LogP contribution in [0.1, 0.15) is 38.4 Å². The number of piperazine rings is 1. The van der Waals surface area contributed by atoms with Crippen molar-refractivity contribution in [1.29, 1.82) is 0 Å². The molecule has 274 valence electrons. The van der Waals surface area contributed by atoms with Gasteiger partial charge < -0.3 is 39.6 Å². The van der Waals surface area contributed by atoms with Crippen LogP contribution in [0.4, 0.5) is 11.5 Å². The van der Waals surface area contributed by atoms with Crippen LogP contribution in [0.15, 0.2) is 18.2 Å². The molecule has 1 unspecified atom stereocenters. The van der Waals surface area contributed by atoms with E-state index in [4.69, 9.17) is 24.9 Å². The predicted octanol–water partition coefficient (Wildman–Crippen LogP) is 2.35. The molecule has 3 amide bonds. The van der Waals surface area contributed by atoms with Crippen molar-refractivity contribution < 1.29 is 33.1 Å². The van der Waals surface area contributed by atoms with Crippen molar-refractivity contribution in [1.82, 2.24) is 25.2 Å². The van der Waals surface area contributed by atoms with Gasteiger partial charge in [0, 0.05) is 36.9 Å². The van der Waals surface area contributed by atoms with Crippen molar-refractivity contribution >= 4 is 62.9 Å². The van der Waals surface area contributed by atoms with Gasteiger partial charge in [-0.05, 0) is 30.9 Å². The number of pyridine rings is 1. The monoisotopic (exact) mass is 713 g/mol. The van der Waals surface area contributed by atoms with Gasteiger partial charge in [0.15, 0.2) is 0 Å². The molecular weight excluding hydrogens is 661 g/mol. The lowest BCUT2D eigenvalue weighted by molar-refractivity contribution is -0.910. The number of fused-ring (bicyclic) bond motifs is 3. The van der Waals surface area contributed by atoms with Crippen molar-refractivity contribution in [2.45, 2.75) is 44.3 Å². The highest BCUT2D eigenvalue weighted by atomic mass is 32.2. The van der Waals surface area contributed by atoms with Gasteiger partial charge in [0.05, 0.1) is 90.2 Å². The Kier molecular flexibility index (Phi) is 13.7. The van der Waals surface area contributed by atoms with Crippen molar-refractivity contribution in [3.05, 3.63) is 24.0 Å². The number of imidazole rings is 1. The van der Waals surface area contributed by atoms with E-state index in [2.05, 4.69) is 46.3 Å². The number of imide groups is 1. The minimum Gasteiger partial charge on any atom is -0.382 e. The van der Waals surface area contributed by atoms with Gasteiger partial charge in [-0.1, -0.05) is 13.3 Å². The largest absolute Gasteiger partial charge is 0.382 e. The first-order valence-electron chi connectivity index (χ1n) is 17.7. The van der Waals surface area contributed by atoms with Gasteiger partial charge in [-0.25, -0.2) is 9.97 Å². The summed E-state index contributed by atoms with van der Waals surface area (Å²) < 4.78 is 17.8. The van der Waals surface area contributed by atoms with Gasteiger partial charge in [0.2, 0.25) is 17.7 Å². The van der Waals surface area contributed by atoms with Gasteiger partial charge in [-0.15, -0.1) is 0 Å². The summed E-state index contributed by atoms with van der Waals surface area (Å²) in [6, 6.07) is 6.38. The van der Waals surface area contributed by atoms with E-state index in [1.807, 2.05) is 12.3 Å². The van der Waals surface area contributed by atoms with Crippen molar-refractivity contribution in [3.8, 4) is 0 Å². The number of benzene rings is 1. The zero-order valence-corrected chi connectivity index (χ0v) is 30.5. The van der Waals surface area contributed by atoms with Crippen LogP contribution in [-0.2, 0) is 35.0 Å². The number of hydrogen-bond donors (Lipinski definition) is 3. The van der Waals surface area contributed by atoms with Crippen LogP contribution < -0.4 is 16.0 Å². The number of quaternary nitrogens is 1. The first-order valence-corrected chi connectivity index (χ1v) is 19.0. The number of thioether (sulfide) groups is 1. The minimum absolute atomic E-state index is 0.0695. The lowest BCUT2D eigenvalue weighted by atomic mass is 10.1. The second-order valence-corrected chi connectivity index (χ2v) is 14.3. The van der Waals surface area contributed by atoms with Crippen LogP contribution in [0.2, 0.25) is 0 Å². The molecule has 1 aromatic carbocycles. The normalized spacial score (nSPS) is 17.8. The van der Waals surface area contributed by atoms with Crippen molar-refractivity contribution in [2.24, 2.45) is 0 Å². The van der Waals surface area contributed by atoms with E-state index in [0.717, 1.165) is 84.2 Å². The topological polar surface area (TPSA) is 165 Å². The molecule has 2 saturated heterocycles. The average molecular weight is 714 g/mol. The number of likely N-dealkylation sites (tertiary alicyclic amines) is 1. The molecule has 2 fully saturated rings. The maximum atomic E-state index is 12.2. The third kappa shape index (κ3) is 9.84. The average Bonchev–Trinajstić information content (AvgIpc) is 3.67. The SMILES string of the molecule is CCCCc1nc2c([nH]1)c(N)nc1ccc(N3CC[N+](C)(CCOCCC(=O)NCCOCCOCCN4C(=O)CC(SC)C4=O)CC3)cc12. The molecule has 2 aromatic heterocycles. The zero-order chi connectivity index (χ0) is 35.5.